The molecule has 17 heavy (non-hydrogen) atoms. The van der Waals surface area contributed by atoms with E-state index >= 15 is 0 Å². The van der Waals surface area contributed by atoms with Crippen molar-refractivity contribution >= 4 is 5.91 Å². The maximum Gasteiger partial charge on any atom is 0.240 e. The normalized spacial score (nSPS) is 25.8. The average molecular weight is 242 g/mol. The molecule has 0 spiro atoms. The number of carbonyl (C=O) groups excluding carboxylic acids is 1. The molecule has 0 aromatic heterocycles. The number of hydrogen-bond donors (Lipinski definition) is 2. The van der Waals surface area contributed by atoms with Gasteiger partial charge in [-0.25, -0.2) is 0 Å². The quantitative estimate of drug-likeness (QED) is 0.707. The van der Waals surface area contributed by atoms with Crippen LogP contribution >= 0.6 is 0 Å². The van der Waals surface area contributed by atoms with Gasteiger partial charge in [0.05, 0.1) is 12.1 Å². The molecule has 4 nitrogen and oxygen atoms in total. The van der Waals surface area contributed by atoms with Crippen LogP contribution < -0.4 is 10.6 Å². The monoisotopic (exact) mass is 242 g/mol. The largest absolute Gasteiger partial charge is 0.384 e. The highest BCUT2D eigenvalue weighted by atomic mass is 16.5. The summed E-state index contributed by atoms with van der Waals surface area (Å²) < 4.78 is 5.07. The molecular formula is C13H26N2O2. The highest BCUT2D eigenvalue weighted by molar-refractivity contribution is 5.86. The van der Waals surface area contributed by atoms with E-state index in [4.69, 9.17) is 4.74 Å². The predicted octanol–water partition coefficient (Wildman–Crippen LogP) is 1.31. The smallest absolute Gasteiger partial charge is 0.240 e. The van der Waals surface area contributed by atoms with Crippen LogP contribution in [0.1, 0.15) is 39.5 Å². The SMILES string of the molecule is CCCC1(C(=O)NCC(C)COC)CCCN1. The first-order chi connectivity index (χ1) is 8.14. The number of ether oxygens (including phenoxy) is 1. The van der Waals surface area contributed by atoms with E-state index in [0.717, 1.165) is 32.2 Å². The zero-order valence-electron chi connectivity index (χ0n) is 11.3. The molecule has 1 saturated heterocycles. The van der Waals surface area contributed by atoms with Gasteiger partial charge in [0.25, 0.3) is 0 Å². The van der Waals surface area contributed by atoms with Crippen LogP contribution in [0.25, 0.3) is 0 Å². The Morgan fingerprint density at radius 3 is 2.88 bits per heavy atom. The number of nitrogens with one attached hydrogen (secondary N) is 2. The molecule has 0 aliphatic carbocycles. The molecule has 4 heteroatoms. The van der Waals surface area contributed by atoms with Crippen LogP contribution in [0.3, 0.4) is 0 Å². The van der Waals surface area contributed by atoms with Crippen molar-refractivity contribution in [2.75, 3.05) is 26.8 Å². The van der Waals surface area contributed by atoms with Gasteiger partial charge in [0.2, 0.25) is 5.91 Å². The molecule has 100 valence electrons. The van der Waals surface area contributed by atoms with Gasteiger partial charge in [-0.3, -0.25) is 4.79 Å². The summed E-state index contributed by atoms with van der Waals surface area (Å²) in [5, 5.41) is 6.44. The van der Waals surface area contributed by atoms with Crippen LogP contribution in [0.15, 0.2) is 0 Å². The van der Waals surface area contributed by atoms with Crippen LogP contribution in [0.2, 0.25) is 0 Å². The van der Waals surface area contributed by atoms with Crippen molar-refractivity contribution in [1.82, 2.24) is 10.6 Å². The van der Waals surface area contributed by atoms with E-state index in [1.807, 2.05) is 0 Å². The topological polar surface area (TPSA) is 50.4 Å². The van der Waals surface area contributed by atoms with Gasteiger partial charge in [-0.2, -0.15) is 0 Å². The Balaban J connectivity index is 2.43. The summed E-state index contributed by atoms with van der Waals surface area (Å²) in [6.45, 7) is 6.55. The van der Waals surface area contributed by atoms with E-state index in [2.05, 4.69) is 24.5 Å². The summed E-state index contributed by atoms with van der Waals surface area (Å²) in [6.07, 6.45) is 4.03. The summed E-state index contributed by atoms with van der Waals surface area (Å²) in [7, 11) is 1.69. The molecular weight excluding hydrogens is 216 g/mol. The Morgan fingerprint density at radius 1 is 1.59 bits per heavy atom. The minimum Gasteiger partial charge on any atom is -0.384 e. The van der Waals surface area contributed by atoms with Crippen molar-refractivity contribution < 1.29 is 9.53 Å². The molecule has 2 N–H and O–H groups in total. The molecule has 0 aromatic carbocycles. The lowest BCUT2D eigenvalue weighted by Crippen LogP contribution is -2.54. The second-order valence-electron chi connectivity index (χ2n) is 5.13. The number of methoxy groups -OCH3 is 1. The van der Waals surface area contributed by atoms with Gasteiger partial charge in [0, 0.05) is 13.7 Å². The predicted molar refractivity (Wildman–Crippen MR) is 68.9 cm³/mol. The average Bonchev–Trinajstić information content (AvgIpc) is 2.77. The second-order valence-corrected chi connectivity index (χ2v) is 5.13. The first-order valence-electron chi connectivity index (χ1n) is 6.67. The van der Waals surface area contributed by atoms with E-state index in [-0.39, 0.29) is 11.4 Å². The molecule has 1 heterocycles. The molecule has 2 atom stereocenters. The highest BCUT2D eigenvalue weighted by Gasteiger charge is 2.39. The summed E-state index contributed by atoms with van der Waals surface area (Å²) in [4.78, 5) is 12.3. The first kappa shape index (κ1) is 14.5. The molecule has 1 aliphatic rings. The lowest BCUT2D eigenvalue weighted by atomic mass is 9.90. The fourth-order valence-electron chi connectivity index (χ4n) is 2.53. The standard InChI is InChI=1S/C13H26N2O2/c1-4-6-13(7-5-8-15-13)12(16)14-9-11(2)10-17-3/h11,15H,4-10H2,1-3H3,(H,14,16). The van der Waals surface area contributed by atoms with Crippen molar-refractivity contribution in [3.8, 4) is 0 Å². The second kappa shape index (κ2) is 6.97. The van der Waals surface area contributed by atoms with Gasteiger partial charge in [-0.15, -0.1) is 0 Å². The number of amides is 1. The molecule has 2 unspecified atom stereocenters. The van der Waals surface area contributed by atoms with Crippen molar-refractivity contribution in [2.24, 2.45) is 5.92 Å². The zero-order chi connectivity index (χ0) is 12.7. The molecule has 1 rings (SSSR count). The summed E-state index contributed by atoms with van der Waals surface area (Å²) in [5.41, 5.74) is -0.304. The fourth-order valence-corrected chi connectivity index (χ4v) is 2.53. The van der Waals surface area contributed by atoms with Crippen LogP contribution in [0, 0.1) is 5.92 Å². The Bertz CT molecular complexity index is 238. The summed E-state index contributed by atoms with van der Waals surface area (Å²) >= 11 is 0. The van der Waals surface area contributed by atoms with Crippen LogP contribution in [0.5, 0.6) is 0 Å². The highest BCUT2D eigenvalue weighted by Crippen LogP contribution is 2.24. The van der Waals surface area contributed by atoms with E-state index in [9.17, 15) is 4.79 Å². The third-order valence-corrected chi connectivity index (χ3v) is 3.42. The Kier molecular flexibility index (Phi) is 5.92. The van der Waals surface area contributed by atoms with Gasteiger partial charge in [-0.1, -0.05) is 20.3 Å². The molecule has 0 aromatic rings. The summed E-state index contributed by atoms with van der Waals surface area (Å²) in [5.74, 6) is 0.531. The van der Waals surface area contributed by atoms with Crippen molar-refractivity contribution in [3.63, 3.8) is 0 Å². The first-order valence-corrected chi connectivity index (χ1v) is 6.67. The minimum atomic E-state index is -0.304. The zero-order valence-corrected chi connectivity index (χ0v) is 11.3. The Hall–Kier alpha value is -0.610. The van der Waals surface area contributed by atoms with E-state index < -0.39 is 0 Å². The van der Waals surface area contributed by atoms with Gasteiger partial charge in [0.15, 0.2) is 0 Å². The molecule has 1 fully saturated rings. The third-order valence-electron chi connectivity index (χ3n) is 3.42. The van der Waals surface area contributed by atoms with Crippen LogP contribution in [-0.4, -0.2) is 38.3 Å². The maximum atomic E-state index is 12.3. The molecule has 1 aliphatic heterocycles. The number of rotatable bonds is 7. The lowest BCUT2D eigenvalue weighted by Gasteiger charge is -2.28. The third kappa shape index (κ3) is 3.96. The van der Waals surface area contributed by atoms with E-state index in [1.165, 1.54) is 0 Å². The number of carbonyl (C=O) groups is 1. The van der Waals surface area contributed by atoms with Crippen LogP contribution in [0.4, 0.5) is 0 Å². The fraction of sp³-hybridized carbons (Fsp3) is 0.923. The lowest BCUT2D eigenvalue weighted by molar-refractivity contribution is -0.127. The Labute approximate surface area is 104 Å². The van der Waals surface area contributed by atoms with Gasteiger partial charge >= 0.3 is 0 Å². The molecule has 1 amide bonds. The summed E-state index contributed by atoms with van der Waals surface area (Å²) in [6, 6.07) is 0. The van der Waals surface area contributed by atoms with Crippen molar-refractivity contribution in [2.45, 2.75) is 45.1 Å². The van der Waals surface area contributed by atoms with Crippen LogP contribution in [-0.2, 0) is 9.53 Å². The van der Waals surface area contributed by atoms with Gasteiger partial charge in [0.1, 0.15) is 0 Å². The van der Waals surface area contributed by atoms with Gasteiger partial charge < -0.3 is 15.4 Å². The van der Waals surface area contributed by atoms with E-state index in [0.29, 0.717) is 19.1 Å². The minimum absolute atomic E-state index is 0.166. The maximum absolute atomic E-state index is 12.3. The molecule has 0 bridgehead atoms. The van der Waals surface area contributed by atoms with Crippen molar-refractivity contribution in [1.29, 1.82) is 0 Å². The molecule has 0 radical (unpaired) electrons. The molecule has 0 saturated carbocycles. The van der Waals surface area contributed by atoms with Crippen molar-refractivity contribution in [3.05, 3.63) is 0 Å². The Morgan fingerprint density at radius 2 is 2.35 bits per heavy atom. The van der Waals surface area contributed by atoms with Gasteiger partial charge in [-0.05, 0) is 31.7 Å². The number of hydrogen-bond acceptors (Lipinski definition) is 3. The van der Waals surface area contributed by atoms with E-state index in [1.54, 1.807) is 7.11 Å².